The van der Waals surface area contributed by atoms with Crippen molar-refractivity contribution in [3.8, 4) is 0 Å². The molecule has 0 heteroatoms. The molecule has 3 aliphatic carbocycles. The van der Waals surface area contributed by atoms with Gasteiger partial charge >= 0.3 is 0 Å². The van der Waals surface area contributed by atoms with Crippen LogP contribution in [0.15, 0.2) is 11.6 Å². The van der Waals surface area contributed by atoms with E-state index in [-0.39, 0.29) is 0 Å². The van der Waals surface area contributed by atoms with Crippen molar-refractivity contribution in [1.29, 1.82) is 0 Å². The van der Waals surface area contributed by atoms with Gasteiger partial charge in [0.05, 0.1) is 0 Å². The van der Waals surface area contributed by atoms with E-state index in [4.69, 9.17) is 0 Å². The maximum Gasteiger partial charge on any atom is -0.0138 e. The van der Waals surface area contributed by atoms with E-state index in [2.05, 4.69) is 33.8 Å². The highest BCUT2D eigenvalue weighted by Crippen LogP contribution is 2.72. The van der Waals surface area contributed by atoms with Crippen LogP contribution in [0.1, 0.15) is 47.0 Å². The Morgan fingerprint density at radius 2 is 1.93 bits per heavy atom. The molecule has 0 spiro atoms. The summed E-state index contributed by atoms with van der Waals surface area (Å²) in [7, 11) is 0. The standard InChI is InChI=1S/C14H22/c1-9-5-6-11-10(9)7-13(2,3)12-8-14(11,12)4/h7,9,11-12H,5-6,8H2,1-4H3. The molecule has 2 fully saturated rings. The molecule has 4 atom stereocenters. The Bertz CT molecular complexity index is 310. The number of fused-ring (bicyclic) bond motifs is 3. The van der Waals surface area contributed by atoms with Gasteiger partial charge in [0.15, 0.2) is 0 Å². The van der Waals surface area contributed by atoms with Crippen LogP contribution in [-0.4, -0.2) is 0 Å². The Morgan fingerprint density at radius 1 is 1.21 bits per heavy atom. The maximum absolute atomic E-state index is 2.63. The third kappa shape index (κ3) is 0.902. The minimum atomic E-state index is 0.485. The van der Waals surface area contributed by atoms with Crippen LogP contribution in [0, 0.1) is 28.6 Å². The topological polar surface area (TPSA) is 0 Å². The maximum atomic E-state index is 2.63. The van der Waals surface area contributed by atoms with Gasteiger partial charge in [0.1, 0.15) is 0 Å². The molecule has 3 rings (SSSR count). The van der Waals surface area contributed by atoms with Gasteiger partial charge in [0.25, 0.3) is 0 Å². The number of hydrogen-bond acceptors (Lipinski definition) is 0. The summed E-state index contributed by atoms with van der Waals surface area (Å²) in [5, 5.41) is 0. The lowest BCUT2D eigenvalue weighted by Gasteiger charge is -2.36. The number of rotatable bonds is 0. The van der Waals surface area contributed by atoms with Gasteiger partial charge in [-0.25, -0.2) is 0 Å². The summed E-state index contributed by atoms with van der Waals surface area (Å²) >= 11 is 0. The Balaban J connectivity index is 2.07. The summed E-state index contributed by atoms with van der Waals surface area (Å²) < 4.78 is 0. The molecule has 0 aromatic rings. The molecule has 0 radical (unpaired) electrons. The fourth-order valence-electron chi connectivity index (χ4n) is 4.46. The predicted molar refractivity (Wildman–Crippen MR) is 60.0 cm³/mol. The molecular weight excluding hydrogens is 168 g/mol. The zero-order valence-electron chi connectivity index (χ0n) is 9.93. The second kappa shape index (κ2) is 2.28. The van der Waals surface area contributed by atoms with Crippen molar-refractivity contribution in [2.75, 3.05) is 0 Å². The van der Waals surface area contributed by atoms with Crippen molar-refractivity contribution in [2.24, 2.45) is 28.6 Å². The van der Waals surface area contributed by atoms with Gasteiger partial charge in [-0.2, -0.15) is 0 Å². The first-order valence-corrected chi connectivity index (χ1v) is 6.18. The molecule has 2 saturated carbocycles. The minimum absolute atomic E-state index is 0.485. The fourth-order valence-corrected chi connectivity index (χ4v) is 4.46. The van der Waals surface area contributed by atoms with Crippen molar-refractivity contribution in [1.82, 2.24) is 0 Å². The third-order valence-electron chi connectivity index (χ3n) is 5.37. The molecule has 4 unspecified atom stereocenters. The molecule has 0 aliphatic heterocycles. The van der Waals surface area contributed by atoms with Gasteiger partial charge in [0, 0.05) is 0 Å². The summed E-state index contributed by atoms with van der Waals surface area (Å²) in [6.07, 6.45) is 7.02. The molecule has 0 bridgehead atoms. The molecule has 78 valence electrons. The van der Waals surface area contributed by atoms with Gasteiger partial charge in [0.2, 0.25) is 0 Å². The lowest BCUT2D eigenvalue weighted by Crippen LogP contribution is -2.27. The van der Waals surface area contributed by atoms with Gasteiger partial charge in [-0.05, 0) is 47.8 Å². The average Bonchev–Trinajstić information content (AvgIpc) is 2.66. The Kier molecular flexibility index (Phi) is 1.47. The fraction of sp³-hybridized carbons (Fsp3) is 0.857. The minimum Gasteiger partial charge on any atom is -0.0788 e. The molecule has 0 aromatic carbocycles. The smallest absolute Gasteiger partial charge is 0.0138 e. The number of hydrogen-bond donors (Lipinski definition) is 0. The van der Waals surface area contributed by atoms with Crippen LogP contribution in [0.25, 0.3) is 0 Å². The summed E-state index contributed by atoms with van der Waals surface area (Å²) in [6.45, 7) is 9.84. The molecular formula is C14H22. The van der Waals surface area contributed by atoms with Crippen LogP contribution in [0.4, 0.5) is 0 Å². The quantitative estimate of drug-likeness (QED) is 0.506. The van der Waals surface area contributed by atoms with Crippen molar-refractivity contribution in [2.45, 2.75) is 47.0 Å². The van der Waals surface area contributed by atoms with Gasteiger partial charge < -0.3 is 0 Å². The van der Waals surface area contributed by atoms with Crippen LogP contribution in [0.5, 0.6) is 0 Å². The van der Waals surface area contributed by atoms with Gasteiger partial charge in [-0.15, -0.1) is 0 Å². The highest BCUT2D eigenvalue weighted by molar-refractivity contribution is 5.32. The Hall–Kier alpha value is -0.260. The van der Waals surface area contributed by atoms with Crippen molar-refractivity contribution < 1.29 is 0 Å². The first-order chi connectivity index (χ1) is 6.45. The molecule has 0 heterocycles. The summed E-state index contributed by atoms with van der Waals surface area (Å²) in [5.41, 5.74) is 2.99. The van der Waals surface area contributed by atoms with E-state index in [9.17, 15) is 0 Å². The Morgan fingerprint density at radius 3 is 2.64 bits per heavy atom. The van der Waals surface area contributed by atoms with E-state index in [0.29, 0.717) is 10.8 Å². The average molecular weight is 190 g/mol. The van der Waals surface area contributed by atoms with Gasteiger partial charge in [-0.1, -0.05) is 39.3 Å². The summed E-state index contributed by atoms with van der Waals surface area (Å²) in [4.78, 5) is 0. The third-order valence-corrected chi connectivity index (χ3v) is 5.37. The Labute approximate surface area is 87.8 Å². The summed E-state index contributed by atoms with van der Waals surface area (Å²) in [5.74, 6) is 2.81. The highest BCUT2D eigenvalue weighted by atomic mass is 14.7. The molecule has 0 saturated heterocycles. The largest absolute Gasteiger partial charge is 0.0788 e. The van der Waals surface area contributed by atoms with E-state index >= 15 is 0 Å². The SMILES string of the molecule is CC1CCC2C1=CC(C)(C)C1CC21C. The second-order valence-electron chi connectivity index (χ2n) is 6.76. The zero-order chi connectivity index (χ0) is 10.1. The lowest BCUT2D eigenvalue weighted by atomic mass is 9.69. The van der Waals surface area contributed by atoms with Crippen molar-refractivity contribution in [3.63, 3.8) is 0 Å². The monoisotopic (exact) mass is 190 g/mol. The van der Waals surface area contributed by atoms with Crippen molar-refractivity contribution in [3.05, 3.63) is 11.6 Å². The first-order valence-electron chi connectivity index (χ1n) is 6.18. The van der Waals surface area contributed by atoms with E-state index in [1.807, 2.05) is 5.57 Å². The second-order valence-corrected chi connectivity index (χ2v) is 6.76. The van der Waals surface area contributed by atoms with Crippen LogP contribution < -0.4 is 0 Å². The van der Waals surface area contributed by atoms with Crippen LogP contribution in [-0.2, 0) is 0 Å². The van der Waals surface area contributed by atoms with E-state index in [0.717, 1.165) is 17.8 Å². The number of allylic oxidation sites excluding steroid dienone is 2. The zero-order valence-corrected chi connectivity index (χ0v) is 9.93. The molecule has 0 N–H and O–H groups in total. The van der Waals surface area contributed by atoms with Crippen molar-refractivity contribution >= 4 is 0 Å². The molecule has 14 heavy (non-hydrogen) atoms. The van der Waals surface area contributed by atoms with Crippen LogP contribution >= 0.6 is 0 Å². The summed E-state index contributed by atoms with van der Waals surface area (Å²) in [6, 6.07) is 0. The van der Waals surface area contributed by atoms with E-state index in [1.165, 1.54) is 19.3 Å². The molecule has 0 aromatic heterocycles. The lowest BCUT2D eigenvalue weighted by molar-refractivity contribution is 0.247. The van der Waals surface area contributed by atoms with E-state index in [1.54, 1.807) is 0 Å². The van der Waals surface area contributed by atoms with E-state index < -0.39 is 0 Å². The molecule has 0 nitrogen and oxygen atoms in total. The predicted octanol–water partition coefficient (Wildman–Crippen LogP) is 4.02. The highest BCUT2D eigenvalue weighted by Gasteiger charge is 2.64. The first kappa shape index (κ1) is 9.00. The van der Waals surface area contributed by atoms with Crippen LogP contribution in [0.2, 0.25) is 0 Å². The van der Waals surface area contributed by atoms with Crippen LogP contribution in [0.3, 0.4) is 0 Å². The van der Waals surface area contributed by atoms with Gasteiger partial charge in [-0.3, -0.25) is 0 Å². The molecule has 0 amide bonds. The molecule has 3 aliphatic rings. The normalized spacial score (nSPS) is 53.4.